The lowest BCUT2D eigenvalue weighted by Crippen LogP contribution is -2.36. The Kier molecular flexibility index (Phi) is 5.89. The molecule has 5 heteroatoms. The zero-order chi connectivity index (χ0) is 12.9. The monoisotopic (exact) mass is 262 g/mol. The van der Waals surface area contributed by atoms with Crippen LogP contribution in [-0.2, 0) is 10.0 Å². The van der Waals surface area contributed by atoms with Crippen molar-refractivity contribution in [3.8, 4) is 0 Å². The average Bonchev–Trinajstić information content (AvgIpc) is 2.55. The molecule has 1 unspecified atom stereocenters. The van der Waals surface area contributed by atoms with E-state index in [4.69, 9.17) is 0 Å². The van der Waals surface area contributed by atoms with Crippen LogP contribution in [0.4, 0.5) is 0 Å². The second-order valence-corrected chi connectivity index (χ2v) is 7.48. The van der Waals surface area contributed by atoms with Gasteiger partial charge in [-0.05, 0) is 32.1 Å². The molecule has 102 valence electrons. The quantitative estimate of drug-likeness (QED) is 0.755. The maximum Gasteiger partial charge on any atom is 0.214 e. The third-order valence-electron chi connectivity index (χ3n) is 3.23. The first-order chi connectivity index (χ1) is 7.92. The molecule has 1 aliphatic heterocycles. The molecule has 1 saturated heterocycles. The highest BCUT2D eigenvalue weighted by molar-refractivity contribution is 7.89. The summed E-state index contributed by atoms with van der Waals surface area (Å²) in [4.78, 5) is 0. The largest absolute Gasteiger partial charge is 0.313 e. The molecule has 17 heavy (non-hydrogen) atoms. The van der Waals surface area contributed by atoms with Gasteiger partial charge in [-0.3, -0.25) is 0 Å². The van der Waals surface area contributed by atoms with Gasteiger partial charge in [-0.1, -0.05) is 13.8 Å². The summed E-state index contributed by atoms with van der Waals surface area (Å²) in [5, 5.41) is 3.40. The molecular weight excluding hydrogens is 236 g/mol. The smallest absolute Gasteiger partial charge is 0.214 e. The van der Waals surface area contributed by atoms with Gasteiger partial charge in [-0.25, -0.2) is 12.7 Å². The molecule has 0 amide bonds. The number of nitrogens with zero attached hydrogens (tertiary/aromatic N) is 1. The number of nitrogens with one attached hydrogen (secondary N) is 1. The number of hydrogen-bond acceptors (Lipinski definition) is 3. The van der Waals surface area contributed by atoms with E-state index in [1.165, 1.54) is 6.42 Å². The summed E-state index contributed by atoms with van der Waals surface area (Å²) in [5.41, 5.74) is 0. The molecule has 0 saturated carbocycles. The van der Waals surface area contributed by atoms with Gasteiger partial charge in [0.25, 0.3) is 0 Å². The fourth-order valence-electron chi connectivity index (χ4n) is 2.06. The Hall–Kier alpha value is -0.130. The zero-order valence-corrected chi connectivity index (χ0v) is 12.1. The molecule has 0 bridgehead atoms. The fourth-order valence-corrected chi connectivity index (χ4v) is 3.59. The summed E-state index contributed by atoms with van der Waals surface area (Å²) in [5.74, 6) is 1.06. The number of sulfonamides is 1. The molecule has 0 aromatic rings. The summed E-state index contributed by atoms with van der Waals surface area (Å²) in [6, 6.07) is 0.475. The first-order valence-corrected chi connectivity index (χ1v) is 8.24. The highest BCUT2D eigenvalue weighted by Crippen LogP contribution is 2.12. The van der Waals surface area contributed by atoms with E-state index in [0.717, 1.165) is 25.3 Å². The summed E-state index contributed by atoms with van der Waals surface area (Å²) in [6.07, 6.45) is 3.16. The normalized spacial score (nSPS) is 22.1. The van der Waals surface area contributed by atoms with Gasteiger partial charge in [0.2, 0.25) is 10.0 Å². The van der Waals surface area contributed by atoms with E-state index in [1.807, 2.05) is 0 Å². The summed E-state index contributed by atoms with van der Waals surface area (Å²) in [6.45, 7) is 8.70. The predicted octanol–water partition coefficient (Wildman–Crippen LogP) is 1.44. The molecule has 1 rings (SSSR count). The standard InChI is InChI=1S/C12H26N2O2S/c1-11(2)5-6-12(3)13-7-9-14-8-4-10-17(14,15)16/h11-13H,4-10H2,1-3H3. The lowest BCUT2D eigenvalue weighted by molar-refractivity contribution is 0.401. The van der Waals surface area contributed by atoms with E-state index >= 15 is 0 Å². The Morgan fingerprint density at radius 3 is 2.47 bits per heavy atom. The Morgan fingerprint density at radius 2 is 1.94 bits per heavy atom. The Morgan fingerprint density at radius 1 is 1.24 bits per heavy atom. The van der Waals surface area contributed by atoms with E-state index in [-0.39, 0.29) is 0 Å². The van der Waals surface area contributed by atoms with Crippen LogP contribution in [0.15, 0.2) is 0 Å². The molecule has 1 fully saturated rings. The molecule has 0 aromatic carbocycles. The van der Waals surface area contributed by atoms with Gasteiger partial charge in [-0.15, -0.1) is 0 Å². The fraction of sp³-hybridized carbons (Fsp3) is 1.00. The second-order valence-electron chi connectivity index (χ2n) is 5.39. The van der Waals surface area contributed by atoms with Gasteiger partial charge in [0.1, 0.15) is 0 Å². The molecular formula is C12H26N2O2S. The van der Waals surface area contributed by atoms with E-state index in [2.05, 4.69) is 26.1 Å². The zero-order valence-electron chi connectivity index (χ0n) is 11.3. The Labute approximate surface area is 106 Å². The maximum atomic E-state index is 11.6. The van der Waals surface area contributed by atoms with Gasteiger partial charge in [0.15, 0.2) is 0 Å². The van der Waals surface area contributed by atoms with Crippen LogP contribution in [0, 0.1) is 5.92 Å². The van der Waals surface area contributed by atoms with Crippen LogP contribution in [0.3, 0.4) is 0 Å². The van der Waals surface area contributed by atoms with E-state index in [0.29, 0.717) is 24.9 Å². The van der Waals surface area contributed by atoms with E-state index in [9.17, 15) is 8.42 Å². The minimum atomic E-state index is -2.92. The van der Waals surface area contributed by atoms with Gasteiger partial charge in [-0.2, -0.15) is 0 Å². The highest BCUT2D eigenvalue weighted by Gasteiger charge is 2.27. The molecule has 1 atom stereocenters. The van der Waals surface area contributed by atoms with Crippen LogP contribution >= 0.6 is 0 Å². The van der Waals surface area contributed by atoms with Crippen molar-refractivity contribution in [2.75, 3.05) is 25.4 Å². The first-order valence-electron chi connectivity index (χ1n) is 6.63. The molecule has 1 N–H and O–H groups in total. The second kappa shape index (κ2) is 6.71. The van der Waals surface area contributed by atoms with Crippen LogP contribution in [-0.4, -0.2) is 44.2 Å². The van der Waals surface area contributed by atoms with Crippen LogP contribution in [0.25, 0.3) is 0 Å². The molecule has 0 radical (unpaired) electrons. The van der Waals surface area contributed by atoms with Crippen molar-refractivity contribution in [2.24, 2.45) is 5.92 Å². The Bertz CT molecular complexity index is 314. The van der Waals surface area contributed by atoms with Crippen molar-refractivity contribution >= 4 is 10.0 Å². The lowest BCUT2D eigenvalue weighted by Gasteiger charge is -2.18. The molecule has 1 aliphatic rings. The van der Waals surface area contributed by atoms with Crippen molar-refractivity contribution in [3.63, 3.8) is 0 Å². The SMILES string of the molecule is CC(C)CCC(C)NCCN1CCCS1(=O)=O. The van der Waals surface area contributed by atoms with E-state index < -0.39 is 10.0 Å². The van der Waals surface area contributed by atoms with Crippen molar-refractivity contribution in [2.45, 2.75) is 46.1 Å². The third kappa shape index (κ3) is 5.36. The number of hydrogen-bond donors (Lipinski definition) is 1. The highest BCUT2D eigenvalue weighted by atomic mass is 32.2. The van der Waals surface area contributed by atoms with Crippen LogP contribution in [0.5, 0.6) is 0 Å². The maximum absolute atomic E-state index is 11.6. The first kappa shape index (κ1) is 14.9. The van der Waals surface area contributed by atoms with Crippen molar-refractivity contribution < 1.29 is 8.42 Å². The summed E-state index contributed by atoms with van der Waals surface area (Å²) in [7, 11) is -2.92. The topological polar surface area (TPSA) is 49.4 Å². The van der Waals surface area contributed by atoms with Gasteiger partial charge >= 0.3 is 0 Å². The average molecular weight is 262 g/mol. The molecule has 0 spiro atoms. The van der Waals surface area contributed by atoms with Crippen molar-refractivity contribution in [1.82, 2.24) is 9.62 Å². The Balaban J connectivity index is 2.15. The summed E-state index contributed by atoms with van der Waals surface area (Å²) < 4.78 is 24.7. The molecule has 0 aliphatic carbocycles. The predicted molar refractivity (Wildman–Crippen MR) is 71.5 cm³/mol. The van der Waals surface area contributed by atoms with Gasteiger partial charge < -0.3 is 5.32 Å². The van der Waals surface area contributed by atoms with Crippen molar-refractivity contribution in [3.05, 3.63) is 0 Å². The molecule has 1 heterocycles. The van der Waals surface area contributed by atoms with Gasteiger partial charge in [0, 0.05) is 25.7 Å². The molecule has 4 nitrogen and oxygen atoms in total. The summed E-state index contributed by atoms with van der Waals surface area (Å²) >= 11 is 0. The van der Waals surface area contributed by atoms with Gasteiger partial charge in [0.05, 0.1) is 5.75 Å². The lowest BCUT2D eigenvalue weighted by atomic mass is 10.0. The van der Waals surface area contributed by atoms with Crippen LogP contribution in [0.2, 0.25) is 0 Å². The van der Waals surface area contributed by atoms with Crippen LogP contribution < -0.4 is 5.32 Å². The molecule has 0 aromatic heterocycles. The van der Waals surface area contributed by atoms with E-state index in [1.54, 1.807) is 4.31 Å². The van der Waals surface area contributed by atoms with Crippen LogP contribution in [0.1, 0.15) is 40.0 Å². The van der Waals surface area contributed by atoms with Crippen molar-refractivity contribution in [1.29, 1.82) is 0 Å². The number of rotatable bonds is 7. The third-order valence-corrected chi connectivity index (χ3v) is 5.19. The minimum absolute atomic E-state index is 0.329. The minimum Gasteiger partial charge on any atom is -0.313 e.